The minimum absolute atomic E-state index is 0.0195. The van der Waals surface area contributed by atoms with Gasteiger partial charge < -0.3 is 43.9 Å². The summed E-state index contributed by atoms with van der Waals surface area (Å²) in [6.07, 6.45) is -6.57. The smallest absolute Gasteiger partial charge is 0.478 e. The summed E-state index contributed by atoms with van der Waals surface area (Å²) in [4.78, 5) is 78.2. The lowest BCUT2D eigenvalue weighted by atomic mass is 10.1. The van der Waals surface area contributed by atoms with Gasteiger partial charge in [-0.25, -0.2) is 23.2 Å². The van der Waals surface area contributed by atoms with Crippen LogP contribution in [0.3, 0.4) is 0 Å². The Kier molecular flexibility index (Phi) is 12.1. The van der Waals surface area contributed by atoms with Gasteiger partial charge in [0, 0.05) is 42.7 Å². The Morgan fingerprint density at radius 1 is 1.12 bits per heavy atom. The standard InChI is InChI=1S/C29H26F2N4O10.C2HF3O2/c1-15-13-42-22-12-34-11-19(26(37)33-10-16-5-6-17(30)8-20(16)31)24(36)25(23(34)27(38)35(15)22)43-14-44-29(41)45-21(28(39)40)9-18-4-2-3-7-32-18;3-2(4,5)1(6)7/h2-8,11,15,21-22H,9-10,12-14H2,1H3,(H,33,37)(H,39,40);(H,6,7)/t15-,21?,22+;/m0./s1. The van der Waals surface area contributed by atoms with Gasteiger partial charge in [0.05, 0.1) is 19.2 Å². The maximum atomic E-state index is 14.1. The Balaban J connectivity index is 0.000000785. The molecular weight excluding hydrogens is 715 g/mol. The summed E-state index contributed by atoms with van der Waals surface area (Å²) in [6, 6.07) is 7.23. The van der Waals surface area contributed by atoms with Crippen LogP contribution < -0.4 is 15.5 Å². The van der Waals surface area contributed by atoms with Gasteiger partial charge in [0.2, 0.25) is 24.1 Å². The van der Waals surface area contributed by atoms with Gasteiger partial charge >= 0.3 is 24.3 Å². The number of aromatic nitrogens is 2. The summed E-state index contributed by atoms with van der Waals surface area (Å²) in [7, 11) is 0. The summed E-state index contributed by atoms with van der Waals surface area (Å²) < 4.78 is 81.2. The number of nitrogens with one attached hydrogen (secondary N) is 1. The van der Waals surface area contributed by atoms with Gasteiger partial charge in [-0.2, -0.15) is 13.2 Å². The number of carbonyl (C=O) groups is 5. The van der Waals surface area contributed by atoms with Gasteiger partial charge in [0.25, 0.3) is 11.8 Å². The fourth-order valence-corrected chi connectivity index (χ4v) is 4.87. The van der Waals surface area contributed by atoms with E-state index < -0.39 is 90.1 Å². The number of benzene rings is 1. The first-order valence-corrected chi connectivity index (χ1v) is 14.8. The van der Waals surface area contributed by atoms with Crippen molar-refractivity contribution < 1.29 is 75.1 Å². The molecule has 2 amide bonds. The largest absolute Gasteiger partial charge is 0.512 e. The highest BCUT2D eigenvalue weighted by atomic mass is 19.4. The number of halogens is 5. The predicted octanol–water partition coefficient (Wildman–Crippen LogP) is 2.47. The van der Waals surface area contributed by atoms with Crippen LogP contribution in [0.4, 0.5) is 26.7 Å². The molecule has 278 valence electrons. The van der Waals surface area contributed by atoms with Gasteiger partial charge in [-0.05, 0) is 25.1 Å². The number of fused-ring (bicyclic) bond motifs is 2. The van der Waals surface area contributed by atoms with E-state index in [1.807, 2.05) is 0 Å². The van der Waals surface area contributed by atoms with Crippen LogP contribution in [-0.2, 0) is 43.3 Å². The normalized spacial score (nSPS) is 16.7. The SMILES string of the molecule is C[C@H]1CO[C@@H]2Cn3cc(C(=O)NCc4ccc(F)cc4F)c(=O)c(OCOC(=O)OC(Cc4ccccn4)C(=O)O)c3C(=O)N12.O=C(O)C(F)(F)F. The van der Waals surface area contributed by atoms with Gasteiger partial charge in [-0.15, -0.1) is 0 Å². The number of hydrogen-bond acceptors (Lipinski definition) is 11. The first kappa shape index (κ1) is 38.7. The van der Waals surface area contributed by atoms with Crippen molar-refractivity contribution in [3.8, 4) is 5.75 Å². The van der Waals surface area contributed by atoms with E-state index >= 15 is 0 Å². The fourth-order valence-electron chi connectivity index (χ4n) is 4.87. The van der Waals surface area contributed by atoms with Crippen LogP contribution >= 0.6 is 0 Å². The number of nitrogens with zero attached hydrogens (tertiary/aromatic N) is 3. The summed E-state index contributed by atoms with van der Waals surface area (Å²) in [5, 5.41) is 18.9. The number of rotatable bonds is 10. The summed E-state index contributed by atoms with van der Waals surface area (Å²) in [5.74, 6) is -8.17. The fraction of sp³-hybridized carbons (Fsp3) is 0.323. The third-order valence-corrected chi connectivity index (χ3v) is 7.30. The molecule has 3 atom stereocenters. The summed E-state index contributed by atoms with van der Waals surface area (Å²) in [5.41, 5.74) is -1.50. The van der Waals surface area contributed by atoms with E-state index in [9.17, 15) is 51.0 Å². The van der Waals surface area contributed by atoms with Gasteiger partial charge in [0.1, 0.15) is 17.2 Å². The molecule has 2 aromatic heterocycles. The zero-order valence-corrected chi connectivity index (χ0v) is 26.6. The Bertz CT molecular complexity index is 1910. The third-order valence-electron chi connectivity index (χ3n) is 7.30. The number of carbonyl (C=O) groups excluding carboxylic acids is 3. The molecule has 21 heteroatoms. The van der Waals surface area contributed by atoms with Gasteiger partial charge in [-0.1, -0.05) is 12.1 Å². The van der Waals surface area contributed by atoms with Crippen molar-refractivity contribution in [3.63, 3.8) is 0 Å². The Labute approximate surface area is 288 Å². The molecule has 3 N–H and O–H groups in total. The minimum Gasteiger partial charge on any atom is -0.478 e. The number of carboxylic acids is 2. The van der Waals surface area contributed by atoms with Crippen LogP contribution in [0.15, 0.2) is 53.6 Å². The molecule has 0 saturated carbocycles. The molecule has 0 bridgehead atoms. The number of ether oxygens (including phenoxy) is 4. The maximum Gasteiger partial charge on any atom is 0.512 e. The monoisotopic (exact) mass is 742 g/mol. The second kappa shape index (κ2) is 16.3. The number of carboxylic acid groups (broad SMARTS) is 2. The average molecular weight is 743 g/mol. The molecule has 0 spiro atoms. The highest BCUT2D eigenvalue weighted by Gasteiger charge is 2.43. The van der Waals surface area contributed by atoms with Crippen LogP contribution in [0.5, 0.6) is 5.75 Å². The quantitative estimate of drug-likeness (QED) is 0.155. The topological polar surface area (TPSA) is 213 Å². The van der Waals surface area contributed by atoms with E-state index in [1.165, 1.54) is 21.7 Å². The van der Waals surface area contributed by atoms with Crippen LogP contribution in [0.1, 0.15) is 39.0 Å². The lowest BCUT2D eigenvalue weighted by molar-refractivity contribution is -0.192. The predicted molar refractivity (Wildman–Crippen MR) is 160 cm³/mol. The molecule has 16 nitrogen and oxygen atoms in total. The number of aliphatic carboxylic acids is 2. The lowest BCUT2D eigenvalue weighted by Crippen LogP contribution is -2.49. The second-order valence-electron chi connectivity index (χ2n) is 10.9. The first-order valence-electron chi connectivity index (χ1n) is 14.8. The van der Waals surface area contributed by atoms with Gasteiger partial charge in [-0.3, -0.25) is 19.4 Å². The summed E-state index contributed by atoms with van der Waals surface area (Å²) >= 11 is 0. The Hall–Kier alpha value is -6.12. The Morgan fingerprint density at radius 2 is 1.83 bits per heavy atom. The molecular formula is C31H27F5N4O12. The van der Waals surface area contributed by atoms with Crippen molar-refractivity contribution in [2.24, 2.45) is 0 Å². The van der Waals surface area contributed by atoms with Crippen molar-refractivity contribution >= 4 is 29.9 Å². The van der Waals surface area contributed by atoms with Crippen LogP contribution in [-0.4, -0.2) is 92.5 Å². The van der Waals surface area contributed by atoms with E-state index in [0.29, 0.717) is 11.8 Å². The number of pyridine rings is 2. The van der Waals surface area contributed by atoms with E-state index in [2.05, 4.69) is 10.3 Å². The highest BCUT2D eigenvalue weighted by Crippen LogP contribution is 2.30. The molecule has 5 rings (SSSR count). The molecule has 0 radical (unpaired) electrons. The van der Waals surface area contributed by atoms with Crippen molar-refractivity contribution in [2.75, 3.05) is 13.4 Å². The molecule has 4 heterocycles. The zero-order valence-electron chi connectivity index (χ0n) is 26.6. The van der Waals surface area contributed by atoms with Crippen molar-refractivity contribution in [1.82, 2.24) is 19.8 Å². The molecule has 2 aliphatic rings. The molecule has 1 aromatic carbocycles. The number of hydrogen-bond donors (Lipinski definition) is 3. The van der Waals surface area contributed by atoms with Crippen molar-refractivity contribution in [1.29, 1.82) is 0 Å². The van der Waals surface area contributed by atoms with E-state index in [-0.39, 0.29) is 36.9 Å². The first-order chi connectivity index (χ1) is 24.5. The number of amides is 2. The zero-order chi connectivity index (χ0) is 38.3. The van der Waals surface area contributed by atoms with Crippen LogP contribution in [0, 0.1) is 11.6 Å². The van der Waals surface area contributed by atoms with Crippen LogP contribution in [0.25, 0.3) is 0 Å². The second-order valence-corrected chi connectivity index (χ2v) is 10.9. The highest BCUT2D eigenvalue weighted by molar-refractivity contribution is 5.99. The molecule has 1 fully saturated rings. The molecule has 3 aromatic rings. The van der Waals surface area contributed by atoms with Crippen LogP contribution in [0.2, 0.25) is 0 Å². The summed E-state index contributed by atoms with van der Waals surface area (Å²) in [6.45, 7) is 0.597. The molecule has 0 aliphatic carbocycles. The minimum atomic E-state index is -5.08. The third kappa shape index (κ3) is 9.35. The average Bonchev–Trinajstić information content (AvgIpc) is 3.45. The maximum absolute atomic E-state index is 14.1. The molecule has 2 aliphatic heterocycles. The molecule has 52 heavy (non-hydrogen) atoms. The Morgan fingerprint density at radius 3 is 2.44 bits per heavy atom. The van der Waals surface area contributed by atoms with E-state index in [1.54, 1.807) is 19.1 Å². The van der Waals surface area contributed by atoms with Crippen molar-refractivity contribution in [3.05, 3.63) is 93.2 Å². The molecule has 1 saturated heterocycles. The lowest BCUT2D eigenvalue weighted by Gasteiger charge is -2.34. The number of alkyl halides is 3. The van der Waals surface area contributed by atoms with Crippen molar-refractivity contribution in [2.45, 2.75) is 51.0 Å². The van der Waals surface area contributed by atoms with E-state index in [0.717, 1.165) is 18.3 Å². The molecule has 1 unspecified atom stereocenters. The van der Waals surface area contributed by atoms with E-state index in [4.69, 9.17) is 28.8 Å². The van der Waals surface area contributed by atoms with Gasteiger partial charge in [0.15, 0.2) is 11.9 Å².